The lowest BCUT2D eigenvalue weighted by Crippen LogP contribution is -2.16. The van der Waals surface area contributed by atoms with Crippen LogP contribution in [0.2, 0.25) is 0 Å². The van der Waals surface area contributed by atoms with E-state index in [1.54, 1.807) is 18.2 Å². The van der Waals surface area contributed by atoms with E-state index >= 15 is 0 Å². The second-order valence-electron chi connectivity index (χ2n) is 6.36. The van der Waals surface area contributed by atoms with Gasteiger partial charge in [-0.25, -0.2) is 4.98 Å². The van der Waals surface area contributed by atoms with Gasteiger partial charge in [0, 0.05) is 18.5 Å². The Kier molecular flexibility index (Phi) is 4.93. The number of aromatic amines is 1. The molecule has 0 bridgehead atoms. The van der Waals surface area contributed by atoms with Gasteiger partial charge in [-0.2, -0.15) is 0 Å². The number of amides is 1. The third-order valence-corrected chi connectivity index (χ3v) is 4.09. The number of rotatable bonds is 5. The molecule has 25 heavy (non-hydrogen) atoms. The molecule has 0 saturated carbocycles. The molecule has 0 spiro atoms. The number of hydrogen-bond acceptors (Lipinski definition) is 3. The van der Waals surface area contributed by atoms with Crippen LogP contribution < -0.4 is 10.9 Å². The summed E-state index contributed by atoms with van der Waals surface area (Å²) in [5, 5.41) is 3.46. The van der Waals surface area contributed by atoms with Gasteiger partial charge in [0.25, 0.3) is 5.56 Å². The number of aryl methyl sites for hydroxylation is 1. The summed E-state index contributed by atoms with van der Waals surface area (Å²) >= 11 is 0. The second kappa shape index (κ2) is 7.30. The Morgan fingerprint density at radius 3 is 2.76 bits per heavy atom. The van der Waals surface area contributed by atoms with Crippen molar-refractivity contribution in [3.63, 3.8) is 0 Å². The number of benzene rings is 2. The summed E-state index contributed by atoms with van der Waals surface area (Å²) in [5.74, 6) is 0.829. The number of H-pyrrole nitrogens is 1. The van der Waals surface area contributed by atoms with Gasteiger partial charge in [-0.15, -0.1) is 0 Å². The zero-order chi connectivity index (χ0) is 17.8. The maximum absolute atomic E-state index is 12.2. The molecule has 0 saturated heterocycles. The van der Waals surface area contributed by atoms with Crippen molar-refractivity contribution in [3.8, 4) is 0 Å². The molecule has 128 valence electrons. The van der Waals surface area contributed by atoms with Crippen molar-refractivity contribution in [2.75, 3.05) is 5.32 Å². The summed E-state index contributed by atoms with van der Waals surface area (Å²) in [6.07, 6.45) is 0.642. The van der Waals surface area contributed by atoms with Gasteiger partial charge in [-0.05, 0) is 35.7 Å². The highest BCUT2D eigenvalue weighted by molar-refractivity contribution is 5.90. The van der Waals surface area contributed by atoms with E-state index in [2.05, 4.69) is 29.1 Å². The van der Waals surface area contributed by atoms with Crippen molar-refractivity contribution in [2.45, 2.75) is 32.6 Å². The van der Waals surface area contributed by atoms with Gasteiger partial charge in [0.2, 0.25) is 5.91 Å². The van der Waals surface area contributed by atoms with Gasteiger partial charge in [-0.3, -0.25) is 9.59 Å². The molecule has 1 aromatic heterocycles. The third-order valence-electron chi connectivity index (χ3n) is 4.09. The number of carbonyl (C=O) groups is 1. The van der Waals surface area contributed by atoms with E-state index in [0.29, 0.717) is 29.1 Å². The lowest BCUT2D eigenvalue weighted by Gasteiger charge is -2.09. The van der Waals surface area contributed by atoms with Crippen molar-refractivity contribution >= 4 is 22.5 Å². The van der Waals surface area contributed by atoms with E-state index in [4.69, 9.17) is 0 Å². The van der Waals surface area contributed by atoms with Crippen molar-refractivity contribution in [2.24, 2.45) is 0 Å². The lowest BCUT2D eigenvalue weighted by atomic mass is 10.0. The first-order valence-electron chi connectivity index (χ1n) is 8.40. The molecule has 0 unspecified atom stereocenters. The fourth-order valence-corrected chi connectivity index (χ4v) is 2.68. The van der Waals surface area contributed by atoms with Crippen LogP contribution in [0.5, 0.6) is 0 Å². The molecule has 3 rings (SSSR count). The Bertz CT molecular complexity index is 960. The molecule has 0 atom stereocenters. The van der Waals surface area contributed by atoms with E-state index in [0.717, 1.165) is 5.69 Å². The number of nitrogens with one attached hydrogen (secondary N) is 2. The van der Waals surface area contributed by atoms with Crippen molar-refractivity contribution in [1.82, 2.24) is 9.97 Å². The van der Waals surface area contributed by atoms with Crippen LogP contribution in [0.15, 0.2) is 53.3 Å². The van der Waals surface area contributed by atoms with Crippen LogP contribution in [0.4, 0.5) is 5.69 Å². The fourth-order valence-electron chi connectivity index (χ4n) is 2.68. The number of aromatic nitrogens is 2. The fraction of sp³-hybridized carbons (Fsp3) is 0.250. The highest BCUT2D eigenvalue weighted by atomic mass is 16.1. The molecule has 0 aliphatic rings. The molecule has 1 amide bonds. The number of fused-ring (bicyclic) bond motifs is 1. The largest absolute Gasteiger partial charge is 0.326 e. The van der Waals surface area contributed by atoms with E-state index in [1.165, 1.54) is 5.56 Å². The predicted molar refractivity (Wildman–Crippen MR) is 99.8 cm³/mol. The average Bonchev–Trinajstić information content (AvgIpc) is 2.60. The van der Waals surface area contributed by atoms with E-state index in [-0.39, 0.29) is 17.9 Å². The molecular weight excluding hydrogens is 314 g/mol. The highest BCUT2D eigenvalue weighted by Gasteiger charge is 2.08. The summed E-state index contributed by atoms with van der Waals surface area (Å²) in [4.78, 5) is 31.4. The van der Waals surface area contributed by atoms with Crippen LogP contribution in [-0.2, 0) is 11.2 Å². The number of para-hydroxylation sites is 1. The molecule has 5 heteroatoms. The molecule has 3 aromatic rings. The first-order chi connectivity index (χ1) is 12.0. The van der Waals surface area contributed by atoms with Crippen LogP contribution >= 0.6 is 0 Å². The minimum absolute atomic E-state index is 0.100. The standard InChI is InChI=1S/C20H21N3O2/c1-13(2)14-6-5-7-15(12-14)21-19(24)11-10-18-22-17-9-4-3-8-16(17)20(25)23-18/h3-9,12-13H,10-11H2,1-2H3,(H,21,24)(H,22,23,25). The Labute approximate surface area is 146 Å². The smallest absolute Gasteiger partial charge is 0.258 e. The Morgan fingerprint density at radius 2 is 1.96 bits per heavy atom. The predicted octanol–water partition coefficient (Wildman–Crippen LogP) is 3.62. The van der Waals surface area contributed by atoms with Crippen LogP contribution in [0.25, 0.3) is 10.9 Å². The quantitative estimate of drug-likeness (QED) is 0.748. The van der Waals surface area contributed by atoms with Crippen LogP contribution in [-0.4, -0.2) is 15.9 Å². The molecule has 0 aliphatic heterocycles. The normalized spacial score (nSPS) is 11.0. The summed E-state index contributed by atoms with van der Waals surface area (Å²) in [6.45, 7) is 4.23. The maximum Gasteiger partial charge on any atom is 0.258 e. The van der Waals surface area contributed by atoms with Crippen molar-refractivity contribution in [1.29, 1.82) is 0 Å². The average molecular weight is 335 g/mol. The van der Waals surface area contributed by atoms with Gasteiger partial charge in [0.15, 0.2) is 0 Å². The van der Waals surface area contributed by atoms with Gasteiger partial charge >= 0.3 is 0 Å². The minimum Gasteiger partial charge on any atom is -0.326 e. The summed E-state index contributed by atoms with van der Waals surface area (Å²) in [6, 6.07) is 15.0. The number of anilines is 1. The van der Waals surface area contributed by atoms with E-state index in [1.807, 2.05) is 30.3 Å². The lowest BCUT2D eigenvalue weighted by molar-refractivity contribution is -0.116. The topological polar surface area (TPSA) is 74.8 Å². The summed E-state index contributed by atoms with van der Waals surface area (Å²) in [7, 11) is 0. The molecular formula is C20H21N3O2. The highest BCUT2D eigenvalue weighted by Crippen LogP contribution is 2.18. The van der Waals surface area contributed by atoms with Crippen LogP contribution in [0.1, 0.15) is 37.6 Å². The minimum atomic E-state index is -0.175. The molecule has 2 N–H and O–H groups in total. The molecule has 0 aliphatic carbocycles. The number of carbonyl (C=O) groups excluding carboxylic acids is 1. The molecule has 5 nitrogen and oxygen atoms in total. The second-order valence-corrected chi connectivity index (χ2v) is 6.36. The number of nitrogens with zero attached hydrogens (tertiary/aromatic N) is 1. The third kappa shape index (κ3) is 4.12. The molecule has 0 fully saturated rings. The van der Waals surface area contributed by atoms with Gasteiger partial charge < -0.3 is 10.3 Å². The summed E-state index contributed by atoms with van der Waals surface area (Å²) in [5.41, 5.74) is 2.44. The zero-order valence-corrected chi connectivity index (χ0v) is 14.4. The van der Waals surface area contributed by atoms with E-state index < -0.39 is 0 Å². The van der Waals surface area contributed by atoms with Crippen LogP contribution in [0, 0.1) is 0 Å². The van der Waals surface area contributed by atoms with E-state index in [9.17, 15) is 9.59 Å². The monoisotopic (exact) mass is 335 g/mol. The Balaban J connectivity index is 1.66. The van der Waals surface area contributed by atoms with Crippen molar-refractivity contribution < 1.29 is 4.79 Å². The first-order valence-corrected chi connectivity index (χ1v) is 8.40. The first kappa shape index (κ1) is 16.9. The molecule has 1 heterocycles. The summed E-state index contributed by atoms with van der Waals surface area (Å²) < 4.78 is 0. The molecule has 0 radical (unpaired) electrons. The maximum atomic E-state index is 12.2. The van der Waals surface area contributed by atoms with Gasteiger partial charge in [0.1, 0.15) is 5.82 Å². The SMILES string of the molecule is CC(C)c1cccc(NC(=O)CCc2nc3ccccc3c(=O)[nH]2)c1. The Hall–Kier alpha value is -2.95. The van der Waals surface area contributed by atoms with Crippen LogP contribution in [0.3, 0.4) is 0 Å². The number of hydrogen-bond donors (Lipinski definition) is 2. The Morgan fingerprint density at radius 1 is 1.16 bits per heavy atom. The molecule has 2 aromatic carbocycles. The van der Waals surface area contributed by atoms with Gasteiger partial charge in [-0.1, -0.05) is 38.1 Å². The van der Waals surface area contributed by atoms with Crippen molar-refractivity contribution in [3.05, 3.63) is 70.3 Å². The zero-order valence-electron chi connectivity index (χ0n) is 14.4. The van der Waals surface area contributed by atoms with Gasteiger partial charge in [0.05, 0.1) is 10.9 Å².